The first-order valence-electron chi connectivity index (χ1n) is 9.63. The van der Waals surface area contributed by atoms with Crippen molar-refractivity contribution in [2.45, 2.75) is 32.2 Å². The van der Waals surface area contributed by atoms with Gasteiger partial charge in [-0.3, -0.25) is 4.79 Å². The van der Waals surface area contributed by atoms with E-state index in [1.54, 1.807) is 19.2 Å². The Bertz CT molecular complexity index is 924. The number of benzene rings is 2. The molecule has 0 bridgehead atoms. The first kappa shape index (κ1) is 20.2. The van der Waals surface area contributed by atoms with Crippen LogP contribution in [0.4, 0.5) is 0 Å². The van der Waals surface area contributed by atoms with E-state index in [9.17, 15) is 4.79 Å². The lowest BCUT2D eigenvalue weighted by molar-refractivity contribution is 0.299. The first-order valence-corrected chi connectivity index (χ1v) is 11.5. The molecule has 3 rings (SSSR count). The molecule has 1 heterocycles. The van der Waals surface area contributed by atoms with E-state index in [-0.39, 0.29) is 10.6 Å². The van der Waals surface area contributed by atoms with Gasteiger partial charge in [0.05, 0.1) is 5.69 Å². The Kier molecular flexibility index (Phi) is 5.96. The van der Waals surface area contributed by atoms with Gasteiger partial charge >= 0.3 is 0 Å². The highest BCUT2D eigenvalue weighted by atomic mass is 28.4. The van der Waals surface area contributed by atoms with Crippen LogP contribution < -0.4 is 15.9 Å². The minimum Gasteiger partial charge on any atom is -0.407 e. The highest BCUT2D eigenvalue weighted by molar-refractivity contribution is 6.99. The van der Waals surface area contributed by atoms with E-state index in [4.69, 9.17) is 4.43 Å². The maximum Gasteiger partial charge on any atom is 0.266 e. The summed E-state index contributed by atoms with van der Waals surface area (Å²) in [6, 6.07) is 24.5. The molecule has 0 radical (unpaired) electrons. The average molecular weight is 393 g/mol. The van der Waals surface area contributed by atoms with E-state index in [1.165, 1.54) is 15.1 Å². The predicted molar refractivity (Wildman–Crippen MR) is 117 cm³/mol. The summed E-state index contributed by atoms with van der Waals surface area (Å²) in [5.74, 6) is 0. The minimum atomic E-state index is -2.52. The van der Waals surface area contributed by atoms with Crippen molar-refractivity contribution in [1.29, 1.82) is 0 Å². The van der Waals surface area contributed by atoms with Gasteiger partial charge in [-0.15, -0.1) is 0 Å². The van der Waals surface area contributed by atoms with Crippen LogP contribution in [0.5, 0.6) is 0 Å². The molecule has 0 saturated heterocycles. The molecule has 0 fully saturated rings. The second-order valence-electron chi connectivity index (χ2n) is 8.05. The van der Waals surface area contributed by atoms with Crippen molar-refractivity contribution in [1.82, 2.24) is 9.78 Å². The van der Waals surface area contributed by atoms with Gasteiger partial charge in [0.2, 0.25) is 0 Å². The quantitative estimate of drug-likeness (QED) is 0.606. The largest absolute Gasteiger partial charge is 0.407 e. The van der Waals surface area contributed by atoms with Crippen molar-refractivity contribution in [3.05, 3.63) is 88.8 Å². The van der Waals surface area contributed by atoms with E-state index in [0.29, 0.717) is 13.0 Å². The summed E-state index contributed by atoms with van der Waals surface area (Å²) in [7, 11) is -0.849. The molecule has 3 aromatic rings. The van der Waals surface area contributed by atoms with Crippen LogP contribution in [0.15, 0.2) is 77.6 Å². The fraction of sp³-hybridized carbons (Fsp3) is 0.304. The number of hydrogen-bond acceptors (Lipinski definition) is 3. The van der Waals surface area contributed by atoms with Gasteiger partial charge in [0.1, 0.15) is 0 Å². The molecule has 28 heavy (non-hydrogen) atoms. The number of hydrogen-bond donors (Lipinski definition) is 0. The molecule has 2 aromatic carbocycles. The van der Waals surface area contributed by atoms with Crippen LogP contribution >= 0.6 is 0 Å². The van der Waals surface area contributed by atoms with Crippen molar-refractivity contribution in [2.24, 2.45) is 7.05 Å². The summed E-state index contributed by atoms with van der Waals surface area (Å²) in [4.78, 5) is 11.6. The van der Waals surface area contributed by atoms with Crippen LogP contribution in [0.2, 0.25) is 5.04 Å². The zero-order valence-electron chi connectivity index (χ0n) is 17.1. The molecule has 0 N–H and O–H groups in total. The molecule has 0 saturated carbocycles. The monoisotopic (exact) mass is 392 g/mol. The Morgan fingerprint density at radius 2 is 1.43 bits per heavy atom. The normalized spacial score (nSPS) is 12.1. The molecule has 146 valence electrons. The maximum atomic E-state index is 11.6. The van der Waals surface area contributed by atoms with Gasteiger partial charge in [-0.25, -0.2) is 4.68 Å². The van der Waals surface area contributed by atoms with Crippen molar-refractivity contribution in [3.8, 4) is 0 Å². The summed E-state index contributed by atoms with van der Waals surface area (Å²) in [6.07, 6.45) is 0.665. The van der Waals surface area contributed by atoms with Gasteiger partial charge in [0, 0.05) is 26.1 Å². The Balaban J connectivity index is 1.98. The zero-order chi connectivity index (χ0) is 20.2. The number of rotatable bonds is 6. The van der Waals surface area contributed by atoms with Gasteiger partial charge in [-0.1, -0.05) is 81.4 Å². The lowest BCUT2D eigenvalue weighted by atomic mass is 10.2. The van der Waals surface area contributed by atoms with Crippen molar-refractivity contribution in [3.63, 3.8) is 0 Å². The van der Waals surface area contributed by atoms with E-state index >= 15 is 0 Å². The zero-order valence-corrected chi connectivity index (χ0v) is 18.1. The van der Waals surface area contributed by atoms with Crippen molar-refractivity contribution < 1.29 is 4.43 Å². The molecular formula is C23H28N2O2Si. The van der Waals surface area contributed by atoms with Gasteiger partial charge in [-0.05, 0) is 21.5 Å². The highest BCUT2D eigenvalue weighted by Crippen LogP contribution is 2.36. The van der Waals surface area contributed by atoms with Crippen LogP contribution in [0.3, 0.4) is 0 Å². The third-order valence-corrected chi connectivity index (χ3v) is 10.2. The number of nitrogens with zero attached hydrogens (tertiary/aromatic N) is 2. The lowest BCUT2D eigenvalue weighted by Gasteiger charge is -2.43. The Morgan fingerprint density at radius 3 is 1.89 bits per heavy atom. The molecule has 5 heteroatoms. The summed E-state index contributed by atoms with van der Waals surface area (Å²) in [5.41, 5.74) is 0.761. The fourth-order valence-electron chi connectivity index (χ4n) is 3.75. The van der Waals surface area contributed by atoms with Crippen LogP contribution in [-0.4, -0.2) is 24.7 Å². The summed E-state index contributed by atoms with van der Waals surface area (Å²) < 4.78 is 8.23. The third-order valence-electron chi connectivity index (χ3n) is 5.11. The topological polar surface area (TPSA) is 44.1 Å². The lowest BCUT2D eigenvalue weighted by Crippen LogP contribution is -2.66. The standard InChI is InChI=1S/C23H28N2O2Si/c1-23(2,3)28(20-11-7-5-8-12-20,21-13-9-6-10-14-21)27-18-17-19-15-16-22(26)25(4)24-19/h5-16H,17-18H2,1-4H3. The molecule has 0 unspecified atom stereocenters. The van der Waals surface area contributed by atoms with Crippen LogP contribution in [0.25, 0.3) is 0 Å². The molecule has 1 aromatic heterocycles. The number of aryl methyl sites for hydroxylation is 1. The SMILES string of the molecule is Cn1nc(CCO[Si](c2ccccc2)(c2ccccc2)C(C)(C)C)ccc1=O. The second kappa shape index (κ2) is 8.25. The second-order valence-corrected chi connectivity index (χ2v) is 12.4. The minimum absolute atomic E-state index is 0.0489. The molecule has 0 aliphatic heterocycles. The van der Waals surface area contributed by atoms with E-state index < -0.39 is 8.32 Å². The maximum absolute atomic E-state index is 11.6. The van der Waals surface area contributed by atoms with Crippen molar-refractivity contribution >= 4 is 18.7 Å². The van der Waals surface area contributed by atoms with Gasteiger partial charge < -0.3 is 4.43 Å². The predicted octanol–water partition coefficient (Wildman–Crippen LogP) is 2.90. The Morgan fingerprint density at radius 1 is 0.893 bits per heavy atom. The third kappa shape index (κ3) is 4.00. The average Bonchev–Trinajstić information content (AvgIpc) is 2.68. The van der Waals surface area contributed by atoms with E-state index in [2.05, 4.69) is 74.4 Å². The highest BCUT2D eigenvalue weighted by Gasteiger charge is 2.49. The molecule has 4 nitrogen and oxygen atoms in total. The molecule has 0 aliphatic rings. The van der Waals surface area contributed by atoms with Gasteiger partial charge in [0.15, 0.2) is 0 Å². The molecule has 0 aliphatic carbocycles. The van der Waals surface area contributed by atoms with E-state index in [0.717, 1.165) is 5.69 Å². The Labute approximate surface area is 167 Å². The fourth-order valence-corrected chi connectivity index (χ4v) is 8.32. The van der Waals surface area contributed by atoms with Crippen LogP contribution in [0.1, 0.15) is 26.5 Å². The summed E-state index contributed by atoms with van der Waals surface area (Å²) in [5, 5.41) is 6.82. The number of aromatic nitrogens is 2. The first-order chi connectivity index (χ1) is 13.3. The van der Waals surface area contributed by atoms with Gasteiger partial charge in [0.25, 0.3) is 13.9 Å². The smallest absolute Gasteiger partial charge is 0.266 e. The molecule has 0 amide bonds. The molecule has 0 atom stereocenters. The van der Waals surface area contributed by atoms with Crippen LogP contribution in [0, 0.1) is 0 Å². The molecular weight excluding hydrogens is 364 g/mol. The Hall–Kier alpha value is -2.50. The summed E-state index contributed by atoms with van der Waals surface area (Å²) >= 11 is 0. The summed E-state index contributed by atoms with van der Waals surface area (Å²) in [6.45, 7) is 7.36. The van der Waals surface area contributed by atoms with Gasteiger partial charge in [-0.2, -0.15) is 5.10 Å². The van der Waals surface area contributed by atoms with Crippen LogP contribution in [-0.2, 0) is 17.9 Å². The van der Waals surface area contributed by atoms with E-state index in [1.807, 2.05) is 12.1 Å². The molecule has 0 spiro atoms. The van der Waals surface area contributed by atoms with Crippen molar-refractivity contribution in [2.75, 3.05) is 6.61 Å².